The van der Waals surface area contributed by atoms with E-state index in [9.17, 15) is 9.59 Å². The lowest BCUT2D eigenvalue weighted by Gasteiger charge is -2.44. The van der Waals surface area contributed by atoms with Crippen LogP contribution in [0.4, 0.5) is 0 Å². The number of hydrogen-bond acceptors (Lipinski definition) is 5. The first-order chi connectivity index (χ1) is 10.9. The van der Waals surface area contributed by atoms with Gasteiger partial charge < -0.3 is 14.2 Å². The van der Waals surface area contributed by atoms with Crippen molar-refractivity contribution in [3.05, 3.63) is 35.9 Å². The molecule has 1 aromatic rings. The van der Waals surface area contributed by atoms with E-state index in [4.69, 9.17) is 14.2 Å². The van der Waals surface area contributed by atoms with Crippen LogP contribution >= 0.6 is 0 Å². The molecule has 5 heteroatoms. The largest absolute Gasteiger partial charge is 0.458 e. The highest BCUT2D eigenvalue weighted by molar-refractivity contribution is 5.67. The van der Waals surface area contributed by atoms with Crippen LogP contribution in [0.25, 0.3) is 0 Å². The second-order valence-corrected chi connectivity index (χ2v) is 5.92. The quantitative estimate of drug-likeness (QED) is 0.798. The lowest BCUT2D eigenvalue weighted by atomic mass is 9.84. The van der Waals surface area contributed by atoms with Crippen molar-refractivity contribution in [2.24, 2.45) is 5.92 Å². The highest BCUT2D eigenvalue weighted by Gasteiger charge is 2.47. The van der Waals surface area contributed by atoms with E-state index in [1.807, 2.05) is 44.2 Å². The molecule has 0 spiro atoms. The molecule has 0 bridgehead atoms. The Kier molecular flexibility index (Phi) is 5.77. The lowest BCUT2D eigenvalue weighted by molar-refractivity contribution is -0.225. The van der Waals surface area contributed by atoms with E-state index in [-0.39, 0.29) is 18.0 Å². The molecule has 1 saturated heterocycles. The number of benzene rings is 1. The predicted molar refractivity (Wildman–Crippen MR) is 84.6 cm³/mol. The molecule has 0 saturated carbocycles. The van der Waals surface area contributed by atoms with Crippen molar-refractivity contribution in [3.8, 4) is 0 Å². The number of carbonyl (C=O) groups is 2. The SMILES string of the molecule is CC[C@H]1O[C@@H](c2ccccc2)[C@H](OC(C)=O)[C@@H](OC(C)=O)[C@@H]1C. The van der Waals surface area contributed by atoms with Crippen LogP contribution in [0.2, 0.25) is 0 Å². The van der Waals surface area contributed by atoms with Gasteiger partial charge in [0.05, 0.1) is 6.10 Å². The number of carbonyl (C=O) groups excluding carboxylic acids is 2. The van der Waals surface area contributed by atoms with Crippen LogP contribution in [0, 0.1) is 5.92 Å². The minimum absolute atomic E-state index is 0.0618. The van der Waals surface area contributed by atoms with Crippen molar-refractivity contribution in [2.75, 3.05) is 0 Å². The summed E-state index contributed by atoms with van der Waals surface area (Å²) in [4.78, 5) is 23.1. The van der Waals surface area contributed by atoms with Gasteiger partial charge in [-0.1, -0.05) is 44.2 Å². The molecule has 126 valence electrons. The Morgan fingerprint density at radius 2 is 1.61 bits per heavy atom. The molecule has 1 aromatic carbocycles. The standard InChI is InChI=1S/C18H24O5/c1-5-15-11(2)16(21-12(3)19)18(22-13(4)20)17(23-15)14-9-7-6-8-10-14/h6-11,15-18H,5H2,1-4H3/t11-,15-,16+,17+,18-/m1/s1. The van der Waals surface area contributed by atoms with Gasteiger partial charge in [0.25, 0.3) is 0 Å². The number of rotatable bonds is 4. The van der Waals surface area contributed by atoms with Gasteiger partial charge in [-0.3, -0.25) is 9.59 Å². The van der Waals surface area contributed by atoms with Crippen LogP contribution in [-0.4, -0.2) is 30.3 Å². The zero-order valence-corrected chi connectivity index (χ0v) is 14.0. The van der Waals surface area contributed by atoms with Crippen molar-refractivity contribution in [1.82, 2.24) is 0 Å². The smallest absolute Gasteiger partial charge is 0.303 e. The van der Waals surface area contributed by atoms with Crippen molar-refractivity contribution in [2.45, 2.75) is 58.5 Å². The molecule has 0 N–H and O–H groups in total. The summed E-state index contributed by atoms with van der Waals surface area (Å²) in [5, 5.41) is 0. The highest BCUT2D eigenvalue weighted by Crippen LogP contribution is 2.39. The molecule has 0 radical (unpaired) electrons. The predicted octanol–water partition coefficient (Wildman–Crippen LogP) is 3.04. The molecule has 1 fully saturated rings. The first-order valence-corrected chi connectivity index (χ1v) is 7.98. The third-order valence-corrected chi connectivity index (χ3v) is 4.18. The van der Waals surface area contributed by atoms with Gasteiger partial charge in [0.1, 0.15) is 12.2 Å². The fourth-order valence-corrected chi connectivity index (χ4v) is 3.14. The van der Waals surface area contributed by atoms with Gasteiger partial charge in [-0.25, -0.2) is 0 Å². The Hall–Kier alpha value is -1.88. The normalized spacial score (nSPS) is 30.5. The molecule has 0 amide bonds. The second kappa shape index (κ2) is 7.59. The van der Waals surface area contributed by atoms with Crippen LogP contribution in [-0.2, 0) is 23.8 Å². The minimum Gasteiger partial charge on any atom is -0.458 e. The van der Waals surface area contributed by atoms with E-state index in [0.717, 1.165) is 12.0 Å². The Labute approximate surface area is 136 Å². The summed E-state index contributed by atoms with van der Waals surface area (Å²) in [6.07, 6.45) is -0.923. The summed E-state index contributed by atoms with van der Waals surface area (Å²) < 4.78 is 17.2. The summed E-state index contributed by atoms with van der Waals surface area (Å²) in [6.45, 7) is 6.70. The topological polar surface area (TPSA) is 61.8 Å². The monoisotopic (exact) mass is 320 g/mol. The summed E-state index contributed by atoms with van der Waals surface area (Å²) in [7, 11) is 0. The molecule has 2 rings (SSSR count). The zero-order chi connectivity index (χ0) is 17.0. The zero-order valence-electron chi connectivity index (χ0n) is 14.0. The van der Waals surface area contributed by atoms with Crippen LogP contribution in [0.15, 0.2) is 30.3 Å². The average Bonchev–Trinajstić information content (AvgIpc) is 2.51. The van der Waals surface area contributed by atoms with E-state index < -0.39 is 24.3 Å². The minimum atomic E-state index is -0.656. The third-order valence-electron chi connectivity index (χ3n) is 4.18. The molecular formula is C18H24O5. The van der Waals surface area contributed by atoms with Crippen molar-refractivity contribution >= 4 is 11.9 Å². The van der Waals surface area contributed by atoms with Crippen LogP contribution in [0.5, 0.6) is 0 Å². The molecular weight excluding hydrogens is 296 g/mol. The third kappa shape index (κ3) is 4.10. The molecule has 0 aromatic heterocycles. The first-order valence-electron chi connectivity index (χ1n) is 7.98. The summed E-state index contributed by atoms with van der Waals surface area (Å²) in [5.41, 5.74) is 0.904. The van der Waals surface area contributed by atoms with Gasteiger partial charge in [0.15, 0.2) is 6.10 Å². The fraction of sp³-hybridized carbons (Fsp3) is 0.556. The van der Waals surface area contributed by atoms with Gasteiger partial charge in [-0.05, 0) is 12.0 Å². The molecule has 5 atom stereocenters. The first kappa shape index (κ1) is 17.5. The summed E-state index contributed by atoms with van der Waals surface area (Å²) >= 11 is 0. The van der Waals surface area contributed by atoms with E-state index in [1.54, 1.807) is 0 Å². The highest BCUT2D eigenvalue weighted by atomic mass is 16.6. The number of ether oxygens (including phenoxy) is 3. The van der Waals surface area contributed by atoms with Crippen molar-refractivity contribution < 1.29 is 23.8 Å². The Bertz CT molecular complexity index is 542. The number of esters is 2. The molecule has 1 aliphatic rings. The Balaban J connectivity index is 2.39. The van der Waals surface area contributed by atoms with E-state index in [0.29, 0.717) is 0 Å². The average molecular weight is 320 g/mol. The van der Waals surface area contributed by atoms with Gasteiger partial charge in [-0.2, -0.15) is 0 Å². The summed E-state index contributed by atoms with van der Waals surface area (Å²) in [5.74, 6) is -0.866. The van der Waals surface area contributed by atoms with Gasteiger partial charge in [0, 0.05) is 19.8 Å². The van der Waals surface area contributed by atoms with E-state index in [2.05, 4.69) is 0 Å². The molecule has 1 aliphatic heterocycles. The lowest BCUT2D eigenvalue weighted by Crippen LogP contribution is -2.52. The summed E-state index contributed by atoms with van der Waals surface area (Å²) in [6, 6.07) is 9.58. The van der Waals surface area contributed by atoms with Crippen molar-refractivity contribution in [3.63, 3.8) is 0 Å². The fourth-order valence-electron chi connectivity index (χ4n) is 3.14. The molecule has 0 aliphatic carbocycles. The van der Waals surface area contributed by atoms with Crippen molar-refractivity contribution in [1.29, 1.82) is 0 Å². The van der Waals surface area contributed by atoms with Gasteiger partial charge in [0.2, 0.25) is 0 Å². The molecule has 5 nitrogen and oxygen atoms in total. The van der Waals surface area contributed by atoms with E-state index >= 15 is 0 Å². The van der Waals surface area contributed by atoms with Crippen LogP contribution in [0.3, 0.4) is 0 Å². The Morgan fingerprint density at radius 1 is 1.04 bits per heavy atom. The van der Waals surface area contributed by atoms with Gasteiger partial charge in [-0.15, -0.1) is 0 Å². The molecule has 0 unspecified atom stereocenters. The molecule has 1 heterocycles. The molecule has 23 heavy (non-hydrogen) atoms. The number of hydrogen-bond donors (Lipinski definition) is 0. The van der Waals surface area contributed by atoms with Crippen LogP contribution < -0.4 is 0 Å². The second-order valence-electron chi connectivity index (χ2n) is 5.92. The maximum Gasteiger partial charge on any atom is 0.303 e. The van der Waals surface area contributed by atoms with Crippen LogP contribution in [0.1, 0.15) is 45.8 Å². The van der Waals surface area contributed by atoms with Gasteiger partial charge >= 0.3 is 11.9 Å². The maximum atomic E-state index is 11.6. The Morgan fingerprint density at radius 3 is 2.13 bits per heavy atom. The van der Waals surface area contributed by atoms with E-state index in [1.165, 1.54) is 13.8 Å². The maximum absolute atomic E-state index is 11.6.